The highest BCUT2D eigenvalue weighted by Gasteiger charge is 2.20. The molecule has 0 spiro atoms. The van der Waals surface area contributed by atoms with Crippen LogP contribution in [0.15, 0.2) is 24.3 Å². The second-order valence-electron chi connectivity index (χ2n) is 5.77. The maximum atomic E-state index is 10.8. The number of anilines is 1. The molecule has 0 saturated carbocycles. The highest BCUT2D eigenvalue weighted by Crippen LogP contribution is 2.26. The summed E-state index contributed by atoms with van der Waals surface area (Å²) in [5, 5.41) is 3.42. The lowest BCUT2D eigenvalue weighted by Gasteiger charge is -2.28. The van der Waals surface area contributed by atoms with Crippen LogP contribution in [0.4, 0.5) is 5.69 Å². The van der Waals surface area contributed by atoms with Gasteiger partial charge in [-0.2, -0.15) is 0 Å². The van der Waals surface area contributed by atoms with E-state index >= 15 is 0 Å². The molecule has 21 heavy (non-hydrogen) atoms. The molecule has 3 N–H and O–H groups in total. The fourth-order valence-electron chi connectivity index (χ4n) is 2.11. The quantitative estimate of drug-likeness (QED) is 0.734. The number of ether oxygens (including phenoxy) is 2. The van der Waals surface area contributed by atoms with Gasteiger partial charge in [0.1, 0.15) is 5.75 Å². The normalized spacial score (nSPS) is 12.8. The number of amides is 1. The Bertz CT molecular complexity index is 461. The van der Waals surface area contributed by atoms with Gasteiger partial charge < -0.3 is 20.5 Å². The van der Waals surface area contributed by atoms with E-state index in [9.17, 15) is 4.79 Å². The number of nitrogens with two attached hydrogens (primary N) is 1. The number of benzene rings is 1. The van der Waals surface area contributed by atoms with Gasteiger partial charge in [0.25, 0.3) is 0 Å². The van der Waals surface area contributed by atoms with Crippen molar-refractivity contribution in [2.24, 2.45) is 5.73 Å². The Labute approximate surface area is 126 Å². The molecule has 1 aromatic rings. The summed E-state index contributed by atoms with van der Waals surface area (Å²) < 4.78 is 11.1. The van der Waals surface area contributed by atoms with Crippen LogP contribution in [0, 0.1) is 0 Å². The fraction of sp³-hybridized carbons (Fsp3) is 0.562. The van der Waals surface area contributed by atoms with Crippen LogP contribution in [0.1, 0.15) is 33.6 Å². The highest BCUT2D eigenvalue weighted by molar-refractivity contribution is 5.73. The summed E-state index contributed by atoms with van der Waals surface area (Å²) in [4.78, 5) is 10.8. The van der Waals surface area contributed by atoms with Gasteiger partial charge in [-0.3, -0.25) is 4.79 Å². The monoisotopic (exact) mass is 294 g/mol. The van der Waals surface area contributed by atoms with Gasteiger partial charge in [-0.1, -0.05) is 12.1 Å². The van der Waals surface area contributed by atoms with E-state index in [2.05, 4.69) is 26.1 Å². The Hall–Kier alpha value is -1.75. The number of para-hydroxylation sites is 2. The molecule has 1 rings (SSSR count). The van der Waals surface area contributed by atoms with Crippen molar-refractivity contribution in [1.29, 1.82) is 0 Å². The lowest BCUT2D eigenvalue weighted by molar-refractivity contribution is -0.118. The van der Waals surface area contributed by atoms with Crippen LogP contribution < -0.4 is 15.8 Å². The van der Waals surface area contributed by atoms with Gasteiger partial charge in [0.2, 0.25) is 5.91 Å². The molecule has 5 heteroatoms. The molecule has 0 heterocycles. The zero-order valence-corrected chi connectivity index (χ0v) is 13.3. The standard InChI is InChI=1S/C16H26N2O3/c1-12(11-16(2,3)20-4)18-13-7-5-6-8-14(13)21-10-9-15(17)19/h5-8,12,18H,9-11H2,1-4H3,(H2,17,19). The third kappa shape index (κ3) is 6.49. The summed E-state index contributed by atoms with van der Waals surface area (Å²) in [7, 11) is 1.72. The highest BCUT2D eigenvalue weighted by atomic mass is 16.5. The van der Waals surface area contributed by atoms with Crippen LogP contribution in [0.25, 0.3) is 0 Å². The predicted octanol–water partition coefficient (Wildman–Crippen LogP) is 2.56. The molecule has 0 aromatic heterocycles. The van der Waals surface area contributed by atoms with Crippen molar-refractivity contribution in [3.05, 3.63) is 24.3 Å². The van der Waals surface area contributed by atoms with E-state index in [1.54, 1.807) is 7.11 Å². The minimum Gasteiger partial charge on any atom is -0.491 e. The Kier molecular flexibility index (Phi) is 6.49. The molecule has 0 aliphatic heterocycles. The number of rotatable bonds is 9. The zero-order chi connectivity index (χ0) is 15.9. The second kappa shape index (κ2) is 7.88. The van der Waals surface area contributed by atoms with E-state index in [1.165, 1.54) is 0 Å². The molecule has 0 saturated heterocycles. The van der Waals surface area contributed by atoms with Crippen molar-refractivity contribution in [3.8, 4) is 5.75 Å². The average molecular weight is 294 g/mol. The Morgan fingerprint density at radius 3 is 2.67 bits per heavy atom. The van der Waals surface area contributed by atoms with Gasteiger partial charge in [0.15, 0.2) is 0 Å². The van der Waals surface area contributed by atoms with Gasteiger partial charge in [-0.25, -0.2) is 0 Å². The maximum Gasteiger partial charge on any atom is 0.220 e. The molecule has 1 unspecified atom stereocenters. The molecular weight excluding hydrogens is 268 g/mol. The van der Waals surface area contributed by atoms with E-state index in [0.29, 0.717) is 0 Å². The molecule has 0 bridgehead atoms. The van der Waals surface area contributed by atoms with Gasteiger partial charge >= 0.3 is 0 Å². The first-order valence-corrected chi connectivity index (χ1v) is 7.16. The molecule has 0 aliphatic carbocycles. The second-order valence-corrected chi connectivity index (χ2v) is 5.77. The van der Waals surface area contributed by atoms with Crippen LogP contribution in [-0.2, 0) is 9.53 Å². The largest absolute Gasteiger partial charge is 0.491 e. The average Bonchev–Trinajstić information content (AvgIpc) is 2.39. The first-order valence-electron chi connectivity index (χ1n) is 7.16. The van der Waals surface area contributed by atoms with Crippen molar-refractivity contribution < 1.29 is 14.3 Å². The predicted molar refractivity (Wildman–Crippen MR) is 84.5 cm³/mol. The number of carbonyl (C=O) groups excluding carboxylic acids is 1. The Morgan fingerprint density at radius 2 is 2.05 bits per heavy atom. The molecule has 1 atom stereocenters. The number of primary amides is 1. The lowest BCUT2D eigenvalue weighted by atomic mass is 9.99. The van der Waals surface area contributed by atoms with Crippen LogP contribution >= 0.6 is 0 Å². The number of hydrogen-bond acceptors (Lipinski definition) is 4. The van der Waals surface area contributed by atoms with E-state index in [-0.39, 0.29) is 30.6 Å². The van der Waals surface area contributed by atoms with E-state index in [0.717, 1.165) is 17.9 Å². The van der Waals surface area contributed by atoms with Crippen molar-refractivity contribution >= 4 is 11.6 Å². The summed E-state index contributed by atoms with van der Waals surface area (Å²) >= 11 is 0. The third-order valence-corrected chi connectivity index (χ3v) is 3.25. The van der Waals surface area contributed by atoms with Gasteiger partial charge in [-0.15, -0.1) is 0 Å². The minimum absolute atomic E-state index is 0.186. The smallest absolute Gasteiger partial charge is 0.220 e. The van der Waals surface area contributed by atoms with Crippen LogP contribution in [0.2, 0.25) is 0 Å². The van der Waals surface area contributed by atoms with Crippen molar-refractivity contribution in [1.82, 2.24) is 0 Å². The summed E-state index contributed by atoms with van der Waals surface area (Å²) in [5.74, 6) is 0.358. The van der Waals surface area contributed by atoms with Crippen molar-refractivity contribution in [2.45, 2.75) is 45.3 Å². The van der Waals surface area contributed by atoms with Crippen molar-refractivity contribution in [2.75, 3.05) is 19.0 Å². The Morgan fingerprint density at radius 1 is 1.38 bits per heavy atom. The van der Waals surface area contributed by atoms with Crippen LogP contribution in [0.5, 0.6) is 5.75 Å². The fourth-order valence-corrected chi connectivity index (χ4v) is 2.11. The topological polar surface area (TPSA) is 73.6 Å². The molecule has 0 aliphatic rings. The van der Waals surface area contributed by atoms with E-state index < -0.39 is 0 Å². The minimum atomic E-state index is -0.365. The van der Waals surface area contributed by atoms with E-state index in [4.69, 9.17) is 15.2 Å². The third-order valence-electron chi connectivity index (χ3n) is 3.25. The lowest BCUT2D eigenvalue weighted by Crippen LogP contribution is -2.31. The maximum absolute atomic E-state index is 10.8. The molecule has 118 valence electrons. The van der Waals surface area contributed by atoms with Gasteiger partial charge in [-0.05, 0) is 39.3 Å². The van der Waals surface area contributed by atoms with Crippen LogP contribution in [-0.4, -0.2) is 31.3 Å². The first-order chi connectivity index (χ1) is 9.84. The van der Waals surface area contributed by atoms with E-state index in [1.807, 2.05) is 24.3 Å². The number of methoxy groups -OCH3 is 1. The van der Waals surface area contributed by atoms with Gasteiger partial charge in [0.05, 0.1) is 24.3 Å². The molecule has 0 fully saturated rings. The number of carbonyl (C=O) groups is 1. The SMILES string of the molecule is COC(C)(C)CC(C)Nc1ccccc1OCCC(N)=O. The summed E-state index contributed by atoms with van der Waals surface area (Å²) in [6, 6.07) is 7.89. The molecule has 0 radical (unpaired) electrons. The first kappa shape index (κ1) is 17.3. The summed E-state index contributed by atoms with van der Waals surface area (Å²) in [6.07, 6.45) is 1.07. The molecule has 5 nitrogen and oxygen atoms in total. The number of hydrogen-bond donors (Lipinski definition) is 2. The number of nitrogens with one attached hydrogen (secondary N) is 1. The van der Waals surface area contributed by atoms with Crippen molar-refractivity contribution in [3.63, 3.8) is 0 Å². The molecular formula is C16H26N2O3. The van der Waals surface area contributed by atoms with Crippen LogP contribution in [0.3, 0.4) is 0 Å². The summed E-state index contributed by atoms with van der Waals surface area (Å²) in [5.41, 5.74) is 5.83. The zero-order valence-electron chi connectivity index (χ0n) is 13.3. The Balaban J connectivity index is 2.63. The molecule has 1 amide bonds. The summed E-state index contributed by atoms with van der Waals surface area (Å²) in [6.45, 7) is 6.49. The molecule has 1 aromatic carbocycles. The van der Waals surface area contributed by atoms with Gasteiger partial charge in [0, 0.05) is 13.2 Å².